The molecule has 7 nitrogen and oxygen atoms in total. The minimum Gasteiger partial charge on any atom is -0.466 e. The molecule has 0 radical (unpaired) electrons. The summed E-state index contributed by atoms with van der Waals surface area (Å²) >= 11 is 0. The second-order valence-electron chi connectivity index (χ2n) is 3.85. The number of ether oxygens (including phenoxy) is 2. The Morgan fingerprint density at radius 2 is 2.10 bits per heavy atom. The fraction of sp³-hybridized carbons (Fsp3) is 0.455. The summed E-state index contributed by atoms with van der Waals surface area (Å²) in [6.45, 7) is 2.68. The molecule has 0 aromatic carbocycles. The molecule has 0 spiro atoms. The molecule has 0 aliphatic carbocycles. The molecular formula is C11H11F3N2O5. The summed E-state index contributed by atoms with van der Waals surface area (Å²) in [7, 11) is 0. The molecule has 1 aromatic heterocycles. The van der Waals surface area contributed by atoms with Crippen molar-refractivity contribution < 1.29 is 32.4 Å². The zero-order chi connectivity index (χ0) is 16.2. The van der Waals surface area contributed by atoms with Crippen LogP contribution in [0.15, 0.2) is 6.07 Å². The Kier molecular flexibility index (Phi) is 5.06. The van der Waals surface area contributed by atoms with Crippen LogP contribution in [-0.4, -0.2) is 28.8 Å². The second kappa shape index (κ2) is 6.37. The summed E-state index contributed by atoms with van der Waals surface area (Å²) in [4.78, 5) is 24.7. The molecule has 0 aliphatic heterocycles. The van der Waals surface area contributed by atoms with Crippen LogP contribution in [0.5, 0.6) is 5.88 Å². The van der Waals surface area contributed by atoms with Gasteiger partial charge in [-0.3, -0.25) is 14.9 Å². The second-order valence-corrected chi connectivity index (χ2v) is 3.85. The van der Waals surface area contributed by atoms with Crippen molar-refractivity contribution in [3.8, 4) is 5.88 Å². The maximum Gasteiger partial charge on any atom is 0.574 e. The third-order valence-corrected chi connectivity index (χ3v) is 2.29. The Labute approximate surface area is 116 Å². The number of rotatable bonds is 5. The predicted octanol–water partition coefficient (Wildman–Crippen LogP) is 2.30. The molecule has 0 bridgehead atoms. The van der Waals surface area contributed by atoms with E-state index in [9.17, 15) is 28.1 Å². The Hall–Kier alpha value is -2.39. The number of carbonyl (C=O) groups is 1. The minimum absolute atomic E-state index is 0.0682. The van der Waals surface area contributed by atoms with Gasteiger partial charge in [0.1, 0.15) is 0 Å². The molecule has 116 valence electrons. The van der Waals surface area contributed by atoms with Crippen LogP contribution in [0.3, 0.4) is 0 Å². The van der Waals surface area contributed by atoms with Crippen LogP contribution >= 0.6 is 0 Å². The highest BCUT2D eigenvalue weighted by molar-refractivity contribution is 5.72. The molecule has 0 amide bonds. The van der Waals surface area contributed by atoms with Crippen molar-refractivity contribution in [2.75, 3.05) is 6.61 Å². The van der Waals surface area contributed by atoms with Gasteiger partial charge in [0.2, 0.25) is 5.88 Å². The van der Waals surface area contributed by atoms with Gasteiger partial charge in [0.15, 0.2) is 0 Å². The molecule has 0 saturated heterocycles. The highest BCUT2D eigenvalue weighted by Gasteiger charge is 2.34. The SMILES string of the molecule is CCOC(=O)Cc1cc([N+](=O)[O-])c(C)c(OC(F)(F)F)n1. The highest BCUT2D eigenvalue weighted by atomic mass is 19.4. The normalized spacial score (nSPS) is 11.1. The quantitative estimate of drug-likeness (QED) is 0.471. The van der Waals surface area contributed by atoms with E-state index in [1.165, 1.54) is 0 Å². The van der Waals surface area contributed by atoms with E-state index >= 15 is 0 Å². The van der Waals surface area contributed by atoms with Gasteiger partial charge in [-0.2, -0.15) is 0 Å². The summed E-state index contributed by atoms with van der Waals surface area (Å²) in [5, 5.41) is 10.8. The van der Waals surface area contributed by atoms with Gasteiger partial charge in [-0.25, -0.2) is 4.98 Å². The number of halogens is 3. The van der Waals surface area contributed by atoms with E-state index in [2.05, 4.69) is 14.5 Å². The topological polar surface area (TPSA) is 91.6 Å². The van der Waals surface area contributed by atoms with Crippen LogP contribution in [-0.2, 0) is 16.0 Å². The van der Waals surface area contributed by atoms with Gasteiger partial charge in [-0.15, -0.1) is 13.2 Å². The molecule has 10 heteroatoms. The van der Waals surface area contributed by atoms with E-state index in [1.54, 1.807) is 6.92 Å². The molecule has 0 atom stereocenters. The maximum absolute atomic E-state index is 12.2. The summed E-state index contributed by atoms with van der Waals surface area (Å²) in [6, 6.07) is 0.912. The van der Waals surface area contributed by atoms with Crippen LogP contribution in [0.1, 0.15) is 18.2 Å². The van der Waals surface area contributed by atoms with Crippen molar-refractivity contribution in [2.24, 2.45) is 0 Å². The van der Waals surface area contributed by atoms with Gasteiger partial charge < -0.3 is 9.47 Å². The molecular weight excluding hydrogens is 297 g/mol. The Balaban J connectivity index is 3.21. The summed E-state index contributed by atoms with van der Waals surface area (Å²) in [5.74, 6) is -1.72. The zero-order valence-electron chi connectivity index (χ0n) is 11.1. The first-order valence-electron chi connectivity index (χ1n) is 5.70. The molecule has 0 unspecified atom stereocenters. The van der Waals surface area contributed by atoms with Gasteiger partial charge in [0.25, 0.3) is 5.69 Å². The highest BCUT2D eigenvalue weighted by Crippen LogP contribution is 2.30. The first-order chi connectivity index (χ1) is 9.64. The largest absolute Gasteiger partial charge is 0.574 e. The van der Waals surface area contributed by atoms with E-state index in [0.29, 0.717) is 0 Å². The standard InChI is InChI=1S/C11H11F3N2O5/c1-3-20-9(17)5-7-4-8(16(18)19)6(2)10(15-7)21-11(12,13)14/h4H,3,5H2,1-2H3. The van der Waals surface area contributed by atoms with Crippen LogP contribution in [0.25, 0.3) is 0 Å². The number of hydrogen-bond acceptors (Lipinski definition) is 6. The van der Waals surface area contributed by atoms with Gasteiger partial charge in [-0.1, -0.05) is 0 Å². The molecule has 0 saturated carbocycles. The van der Waals surface area contributed by atoms with E-state index in [1.807, 2.05) is 0 Å². The first-order valence-corrected chi connectivity index (χ1v) is 5.70. The molecule has 0 fully saturated rings. The summed E-state index contributed by atoms with van der Waals surface area (Å²) < 4.78 is 45.0. The van der Waals surface area contributed by atoms with Gasteiger partial charge in [0.05, 0.1) is 29.2 Å². The maximum atomic E-state index is 12.2. The zero-order valence-corrected chi connectivity index (χ0v) is 11.1. The Morgan fingerprint density at radius 1 is 1.48 bits per heavy atom. The van der Waals surface area contributed by atoms with Gasteiger partial charge in [0, 0.05) is 6.07 Å². The fourth-order valence-corrected chi connectivity index (χ4v) is 1.47. The number of carbonyl (C=O) groups excluding carboxylic acids is 1. The lowest BCUT2D eigenvalue weighted by molar-refractivity contribution is -0.385. The number of aromatic nitrogens is 1. The monoisotopic (exact) mass is 308 g/mol. The lowest BCUT2D eigenvalue weighted by atomic mass is 10.2. The van der Waals surface area contributed by atoms with Crippen molar-refractivity contribution in [1.82, 2.24) is 4.98 Å². The molecule has 1 aromatic rings. The van der Waals surface area contributed by atoms with Crippen LogP contribution in [0.4, 0.5) is 18.9 Å². The minimum atomic E-state index is -5.05. The van der Waals surface area contributed by atoms with Crippen LogP contribution in [0.2, 0.25) is 0 Å². The molecule has 21 heavy (non-hydrogen) atoms. The Morgan fingerprint density at radius 3 is 2.57 bits per heavy atom. The average Bonchev–Trinajstić information content (AvgIpc) is 2.31. The molecule has 0 aliphatic rings. The Bertz CT molecular complexity index is 560. The van der Waals surface area contributed by atoms with Crippen LogP contribution < -0.4 is 4.74 Å². The van der Waals surface area contributed by atoms with Crippen LogP contribution in [0, 0.1) is 17.0 Å². The number of hydrogen-bond donors (Lipinski definition) is 0. The third-order valence-electron chi connectivity index (χ3n) is 2.29. The fourth-order valence-electron chi connectivity index (χ4n) is 1.47. The smallest absolute Gasteiger partial charge is 0.466 e. The lowest BCUT2D eigenvalue weighted by Gasteiger charge is -2.11. The van der Waals surface area contributed by atoms with Gasteiger partial charge >= 0.3 is 12.3 Å². The number of nitro groups is 1. The van der Waals surface area contributed by atoms with E-state index in [4.69, 9.17) is 0 Å². The van der Waals surface area contributed by atoms with E-state index in [-0.39, 0.29) is 17.9 Å². The number of esters is 1. The van der Waals surface area contributed by atoms with Crippen molar-refractivity contribution in [2.45, 2.75) is 26.6 Å². The number of alkyl halides is 3. The molecule has 1 heterocycles. The average molecular weight is 308 g/mol. The molecule has 1 rings (SSSR count). The summed E-state index contributed by atoms with van der Waals surface area (Å²) in [6.07, 6.45) is -5.54. The van der Waals surface area contributed by atoms with E-state index < -0.39 is 35.2 Å². The van der Waals surface area contributed by atoms with Crippen molar-refractivity contribution in [1.29, 1.82) is 0 Å². The van der Waals surface area contributed by atoms with Crippen molar-refractivity contribution in [3.63, 3.8) is 0 Å². The first kappa shape index (κ1) is 16.7. The lowest BCUT2D eigenvalue weighted by Crippen LogP contribution is -2.20. The van der Waals surface area contributed by atoms with Crippen molar-refractivity contribution >= 4 is 11.7 Å². The van der Waals surface area contributed by atoms with E-state index in [0.717, 1.165) is 13.0 Å². The third kappa shape index (κ3) is 4.89. The van der Waals surface area contributed by atoms with Gasteiger partial charge in [-0.05, 0) is 13.8 Å². The number of pyridine rings is 1. The number of nitrogens with zero attached hydrogens (tertiary/aromatic N) is 2. The van der Waals surface area contributed by atoms with Crippen molar-refractivity contribution in [3.05, 3.63) is 27.4 Å². The molecule has 0 N–H and O–H groups in total. The summed E-state index contributed by atoms with van der Waals surface area (Å²) in [5.41, 5.74) is -1.25. The predicted molar refractivity (Wildman–Crippen MR) is 62.6 cm³/mol.